The minimum absolute atomic E-state index is 0.0504. The van der Waals surface area contributed by atoms with Crippen molar-refractivity contribution in [3.8, 4) is 0 Å². The summed E-state index contributed by atoms with van der Waals surface area (Å²) in [4.78, 5) is 0. The van der Waals surface area contributed by atoms with E-state index in [4.69, 9.17) is 34.8 Å². The van der Waals surface area contributed by atoms with Gasteiger partial charge in [0.15, 0.2) is 0 Å². The van der Waals surface area contributed by atoms with E-state index in [9.17, 15) is 0 Å². The van der Waals surface area contributed by atoms with Gasteiger partial charge in [-0.25, -0.2) is 0 Å². The molecule has 0 unspecified atom stereocenters. The molecular weight excluding hydrogens is 347 g/mol. The zero-order valence-electron chi connectivity index (χ0n) is 14.3. The molecule has 124 valence electrons. The van der Waals surface area contributed by atoms with E-state index < -0.39 is 0 Å². The van der Waals surface area contributed by atoms with Crippen LogP contribution >= 0.6 is 34.8 Å². The van der Waals surface area contributed by atoms with Gasteiger partial charge in [-0.3, -0.25) is 0 Å². The minimum atomic E-state index is -0.0548. The highest BCUT2D eigenvalue weighted by atomic mass is 35.5. The van der Waals surface area contributed by atoms with Gasteiger partial charge in [0, 0.05) is 5.02 Å². The molecule has 0 aliphatic carbocycles. The maximum Gasteiger partial charge on any atom is 0.0595 e. The van der Waals surface area contributed by atoms with E-state index in [0.29, 0.717) is 10.0 Å². The third-order valence-corrected chi connectivity index (χ3v) is 5.24. The normalized spacial score (nSPS) is 12.5. The number of hydrogen-bond acceptors (Lipinski definition) is 0. The molecule has 3 heteroatoms. The summed E-state index contributed by atoms with van der Waals surface area (Å²) in [5.74, 6) is 0. The molecule has 0 spiro atoms. The molecule has 0 fully saturated rings. The van der Waals surface area contributed by atoms with E-state index in [1.165, 1.54) is 16.7 Å². The van der Waals surface area contributed by atoms with Crippen LogP contribution in [0.15, 0.2) is 36.4 Å². The monoisotopic (exact) mass is 368 g/mol. The van der Waals surface area contributed by atoms with Gasteiger partial charge in [-0.05, 0) is 52.1 Å². The third-order valence-electron chi connectivity index (χ3n) is 4.19. The van der Waals surface area contributed by atoms with Crippen molar-refractivity contribution < 1.29 is 0 Å². The van der Waals surface area contributed by atoms with Gasteiger partial charge in [0.05, 0.1) is 10.0 Å². The zero-order valence-corrected chi connectivity index (χ0v) is 16.6. The van der Waals surface area contributed by atoms with E-state index in [-0.39, 0.29) is 10.8 Å². The number of benzene rings is 2. The molecule has 23 heavy (non-hydrogen) atoms. The molecule has 0 N–H and O–H groups in total. The molecule has 2 aromatic rings. The van der Waals surface area contributed by atoms with Gasteiger partial charge >= 0.3 is 0 Å². The summed E-state index contributed by atoms with van der Waals surface area (Å²) < 4.78 is 0. The van der Waals surface area contributed by atoms with Gasteiger partial charge in [-0.15, -0.1) is 0 Å². The first-order valence-electron chi connectivity index (χ1n) is 7.75. The Kier molecular flexibility index (Phi) is 5.41. The lowest BCUT2D eigenvalue weighted by Gasteiger charge is -2.27. The van der Waals surface area contributed by atoms with Crippen LogP contribution in [0.25, 0.3) is 0 Å². The fourth-order valence-electron chi connectivity index (χ4n) is 2.81. The third kappa shape index (κ3) is 4.44. The van der Waals surface area contributed by atoms with Gasteiger partial charge in [-0.2, -0.15) is 0 Å². The Morgan fingerprint density at radius 2 is 1.39 bits per heavy atom. The van der Waals surface area contributed by atoms with Crippen molar-refractivity contribution in [1.82, 2.24) is 0 Å². The standard InChI is InChI=1S/C20H23Cl3/c1-19(2,3)15-8-6-13(10-17(15)22)12-20(4,5)14-7-9-16(21)18(23)11-14/h6-11H,12H2,1-5H3. The van der Waals surface area contributed by atoms with Crippen molar-refractivity contribution >= 4 is 34.8 Å². The highest BCUT2D eigenvalue weighted by molar-refractivity contribution is 6.42. The fourth-order valence-corrected chi connectivity index (χ4v) is 3.59. The van der Waals surface area contributed by atoms with Crippen LogP contribution in [0.2, 0.25) is 15.1 Å². The van der Waals surface area contributed by atoms with Crippen LogP contribution in [0.3, 0.4) is 0 Å². The molecule has 0 amide bonds. The summed E-state index contributed by atoms with van der Waals surface area (Å²) in [7, 11) is 0. The van der Waals surface area contributed by atoms with Gasteiger partial charge in [0.1, 0.15) is 0 Å². The molecule has 0 aromatic heterocycles. The van der Waals surface area contributed by atoms with Crippen LogP contribution in [-0.4, -0.2) is 0 Å². The molecule has 0 aliphatic heterocycles. The van der Waals surface area contributed by atoms with Crippen molar-refractivity contribution in [2.75, 3.05) is 0 Å². The van der Waals surface area contributed by atoms with Gasteiger partial charge in [-0.1, -0.05) is 87.6 Å². The Morgan fingerprint density at radius 3 is 1.91 bits per heavy atom. The highest BCUT2D eigenvalue weighted by Gasteiger charge is 2.23. The van der Waals surface area contributed by atoms with Crippen molar-refractivity contribution in [2.24, 2.45) is 0 Å². The van der Waals surface area contributed by atoms with Gasteiger partial charge in [0.25, 0.3) is 0 Å². The average Bonchev–Trinajstić information content (AvgIpc) is 2.39. The van der Waals surface area contributed by atoms with E-state index >= 15 is 0 Å². The first kappa shape index (κ1) is 18.6. The zero-order chi connectivity index (χ0) is 17.4. The van der Waals surface area contributed by atoms with Crippen LogP contribution < -0.4 is 0 Å². The predicted octanol–water partition coefficient (Wildman–Crippen LogP) is 7.46. The molecule has 2 aromatic carbocycles. The van der Waals surface area contributed by atoms with Crippen LogP contribution in [0.4, 0.5) is 0 Å². The van der Waals surface area contributed by atoms with Crippen LogP contribution in [0, 0.1) is 0 Å². The maximum atomic E-state index is 6.50. The lowest BCUT2D eigenvalue weighted by atomic mass is 9.78. The number of rotatable bonds is 3. The molecule has 0 atom stereocenters. The first-order chi connectivity index (χ1) is 10.5. The summed E-state index contributed by atoms with van der Waals surface area (Å²) in [6, 6.07) is 12.3. The molecule has 0 bridgehead atoms. The van der Waals surface area contributed by atoms with E-state index in [2.05, 4.69) is 52.8 Å². The molecular formula is C20H23Cl3. The Bertz CT molecular complexity index is 709. The molecule has 0 saturated heterocycles. The number of hydrogen-bond donors (Lipinski definition) is 0. The Hall–Kier alpha value is -0.690. The number of halogens is 3. The minimum Gasteiger partial charge on any atom is -0.0840 e. The van der Waals surface area contributed by atoms with Crippen molar-refractivity contribution in [3.63, 3.8) is 0 Å². The Morgan fingerprint density at radius 1 is 0.739 bits per heavy atom. The lowest BCUT2D eigenvalue weighted by molar-refractivity contribution is 0.522. The smallest absolute Gasteiger partial charge is 0.0595 e. The quantitative estimate of drug-likeness (QED) is 0.526. The van der Waals surface area contributed by atoms with Gasteiger partial charge in [0.2, 0.25) is 0 Å². The highest BCUT2D eigenvalue weighted by Crippen LogP contribution is 2.35. The van der Waals surface area contributed by atoms with Crippen molar-refractivity contribution in [1.29, 1.82) is 0 Å². The molecule has 0 aliphatic rings. The molecule has 0 radical (unpaired) electrons. The molecule has 0 heterocycles. The molecule has 2 rings (SSSR count). The summed E-state index contributed by atoms with van der Waals surface area (Å²) in [5, 5.41) is 2.02. The fraction of sp³-hybridized carbons (Fsp3) is 0.400. The maximum absolute atomic E-state index is 6.50. The van der Waals surface area contributed by atoms with Crippen LogP contribution in [0.5, 0.6) is 0 Å². The largest absolute Gasteiger partial charge is 0.0840 e. The summed E-state index contributed by atoms with van der Waals surface area (Å²) in [6.45, 7) is 10.9. The Balaban J connectivity index is 2.30. The van der Waals surface area contributed by atoms with Gasteiger partial charge < -0.3 is 0 Å². The first-order valence-corrected chi connectivity index (χ1v) is 8.88. The topological polar surface area (TPSA) is 0 Å². The second-order valence-electron chi connectivity index (χ2n) is 7.75. The average molecular weight is 370 g/mol. The van der Waals surface area contributed by atoms with E-state index in [1.807, 2.05) is 18.2 Å². The lowest BCUT2D eigenvalue weighted by Crippen LogP contribution is -2.21. The van der Waals surface area contributed by atoms with Crippen molar-refractivity contribution in [2.45, 2.75) is 51.9 Å². The Labute approximate surface area is 154 Å². The second kappa shape index (κ2) is 6.67. The summed E-state index contributed by atoms with van der Waals surface area (Å²) in [5.41, 5.74) is 3.56. The van der Waals surface area contributed by atoms with Crippen LogP contribution in [0.1, 0.15) is 51.3 Å². The summed E-state index contributed by atoms with van der Waals surface area (Å²) in [6.07, 6.45) is 0.884. The molecule has 0 nitrogen and oxygen atoms in total. The van der Waals surface area contributed by atoms with Crippen molar-refractivity contribution in [3.05, 3.63) is 68.2 Å². The predicted molar refractivity (Wildman–Crippen MR) is 103 cm³/mol. The van der Waals surface area contributed by atoms with E-state index in [0.717, 1.165) is 11.4 Å². The van der Waals surface area contributed by atoms with E-state index in [1.54, 1.807) is 0 Å². The van der Waals surface area contributed by atoms with Crippen LogP contribution in [-0.2, 0) is 17.3 Å². The molecule has 0 saturated carbocycles. The second-order valence-corrected chi connectivity index (χ2v) is 8.98. The SMILES string of the molecule is CC(C)(C)c1ccc(CC(C)(C)c2ccc(Cl)c(Cl)c2)cc1Cl. The summed E-state index contributed by atoms with van der Waals surface area (Å²) >= 11 is 18.7.